The predicted octanol–water partition coefficient (Wildman–Crippen LogP) is 20.1. The fourth-order valence-electron chi connectivity index (χ4n) is 8.14. The van der Waals surface area contributed by atoms with Crippen LogP contribution in [0.5, 0.6) is 0 Å². The van der Waals surface area contributed by atoms with Crippen LogP contribution in [-0.2, 0) is 28.6 Å². The molecule has 0 aromatic rings. The van der Waals surface area contributed by atoms with Crippen molar-refractivity contribution in [3.63, 3.8) is 0 Å². The van der Waals surface area contributed by atoms with Gasteiger partial charge in [0.15, 0.2) is 6.10 Å². The maximum Gasteiger partial charge on any atom is 0.306 e. The molecular formula is C65H110O6. The Labute approximate surface area is 438 Å². The Hall–Kier alpha value is -3.67. The van der Waals surface area contributed by atoms with Crippen molar-refractivity contribution in [1.82, 2.24) is 0 Å². The molecule has 0 aromatic carbocycles. The van der Waals surface area contributed by atoms with E-state index in [0.29, 0.717) is 19.3 Å². The maximum absolute atomic E-state index is 12.9. The zero-order valence-electron chi connectivity index (χ0n) is 46.5. The second-order valence-corrected chi connectivity index (χ2v) is 19.6. The van der Waals surface area contributed by atoms with Gasteiger partial charge < -0.3 is 14.2 Å². The van der Waals surface area contributed by atoms with Gasteiger partial charge in [0.05, 0.1) is 0 Å². The number of rotatable bonds is 53. The number of esters is 3. The van der Waals surface area contributed by atoms with Gasteiger partial charge in [0.1, 0.15) is 13.2 Å². The lowest BCUT2D eigenvalue weighted by Gasteiger charge is -2.18. The number of carbonyl (C=O) groups is 3. The molecule has 71 heavy (non-hydrogen) atoms. The van der Waals surface area contributed by atoms with E-state index in [2.05, 4.69) is 118 Å². The number of unbranched alkanes of at least 4 members (excludes halogenated alkanes) is 28. The van der Waals surface area contributed by atoms with Crippen molar-refractivity contribution >= 4 is 17.9 Å². The lowest BCUT2D eigenvalue weighted by atomic mass is 10.1. The molecule has 6 nitrogen and oxygen atoms in total. The van der Waals surface area contributed by atoms with E-state index in [1.54, 1.807) is 0 Å². The van der Waals surface area contributed by atoms with Gasteiger partial charge in [-0.15, -0.1) is 0 Å². The number of hydrogen-bond donors (Lipinski definition) is 0. The van der Waals surface area contributed by atoms with Gasteiger partial charge in [0.2, 0.25) is 0 Å². The molecule has 0 rings (SSSR count). The minimum Gasteiger partial charge on any atom is -0.462 e. The van der Waals surface area contributed by atoms with E-state index in [0.717, 1.165) is 116 Å². The predicted molar refractivity (Wildman–Crippen MR) is 307 cm³/mol. The molecule has 6 heteroatoms. The lowest BCUT2D eigenvalue weighted by Crippen LogP contribution is -2.30. The van der Waals surface area contributed by atoms with Crippen LogP contribution < -0.4 is 0 Å². The van der Waals surface area contributed by atoms with Crippen LogP contribution in [0.2, 0.25) is 0 Å². The highest BCUT2D eigenvalue weighted by atomic mass is 16.6. The van der Waals surface area contributed by atoms with Crippen molar-refractivity contribution in [1.29, 1.82) is 0 Å². The highest BCUT2D eigenvalue weighted by Gasteiger charge is 2.19. The number of carbonyl (C=O) groups excluding carboxylic acids is 3. The van der Waals surface area contributed by atoms with Crippen LogP contribution in [0.15, 0.2) is 97.2 Å². The topological polar surface area (TPSA) is 78.9 Å². The third-order valence-corrected chi connectivity index (χ3v) is 12.6. The molecule has 0 spiro atoms. The zero-order chi connectivity index (χ0) is 51.4. The Morgan fingerprint density at radius 1 is 0.310 bits per heavy atom. The molecule has 1 unspecified atom stereocenters. The standard InChI is InChI=1S/C65H110O6/c1-4-7-10-13-16-19-22-25-28-31-33-35-37-40-43-46-49-52-55-58-64(67)70-61-62(60-69-63(66)57-54-51-48-45-42-39-36-30-27-24-21-18-15-12-9-6-3)71-65(68)59-56-53-50-47-44-41-38-34-32-29-26-23-20-17-14-11-8-5-2/h9,12,18,21,23,26-27,29-34,38-39,42,62H,4-8,10-11,13-17,19-20,22,24-25,28,35-37,40-41,43-61H2,1-3H3/b12-9-,21-18-,26-23-,30-27-,32-29-,33-31-,38-34-,42-39-. The summed E-state index contributed by atoms with van der Waals surface area (Å²) in [6, 6.07) is 0. The zero-order valence-corrected chi connectivity index (χ0v) is 46.5. The molecule has 0 saturated heterocycles. The molecule has 0 aromatic heterocycles. The summed E-state index contributed by atoms with van der Waals surface area (Å²) in [4.78, 5) is 38.2. The first kappa shape index (κ1) is 67.3. The Kier molecular flexibility index (Phi) is 55.9. The summed E-state index contributed by atoms with van der Waals surface area (Å²) in [5, 5.41) is 0. The van der Waals surface area contributed by atoms with E-state index < -0.39 is 6.10 Å². The minimum absolute atomic E-state index is 0.0988. The van der Waals surface area contributed by atoms with Crippen molar-refractivity contribution in [3.05, 3.63) is 97.2 Å². The van der Waals surface area contributed by atoms with E-state index in [1.807, 2.05) is 0 Å². The van der Waals surface area contributed by atoms with Crippen molar-refractivity contribution < 1.29 is 28.6 Å². The van der Waals surface area contributed by atoms with Gasteiger partial charge >= 0.3 is 17.9 Å². The molecule has 0 radical (unpaired) electrons. The molecular weight excluding hydrogens is 877 g/mol. The fourth-order valence-corrected chi connectivity index (χ4v) is 8.14. The van der Waals surface area contributed by atoms with E-state index in [-0.39, 0.29) is 31.1 Å². The first-order valence-corrected chi connectivity index (χ1v) is 29.8. The highest BCUT2D eigenvalue weighted by molar-refractivity contribution is 5.71. The molecule has 1 atom stereocenters. The molecule has 0 N–H and O–H groups in total. The number of hydrogen-bond acceptors (Lipinski definition) is 6. The fraction of sp³-hybridized carbons (Fsp3) is 0.708. The van der Waals surface area contributed by atoms with Gasteiger partial charge in [0, 0.05) is 19.3 Å². The molecule has 0 aliphatic heterocycles. The molecule has 0 aliphatic rings. The number of ether oxygens (including phenoxy) is 3. The SMILES string of the molecule is CC/C=C\C/C=C\C/C=C\C/C=C\CCCCCC(=O)OCC(COC(=O)CCCCCCCCC/C=C\CCCCCCCCCC)OC(=O)CCCCCCC\C=C/C=C\C=C/CCCCCCC. The summed E-state index contributed by atoms with van der Waals surface area (Å²) < 4.78 is 16.8. The summed E-state index contributed by atoms with van der Waals surface area (Å²) >= 11 is 0. The third-order valence-electron chi connectivity index (χ3n) is 12.6. The minimum atomic E-state index is -0.805. The van der Waals surface area contributed by atoms with Crippen LogP contribution in [0.3, 0.4) is 0 Å². The summed E-state index contributed by atoms with van der Waals surface area (Å²) in [5.41, 5.74) is 0. The van der Waals surface area contributed by atoms with Gasteiger partial charge in [-0.3, -0.25) is 14.4 Å². The highest BCUT2D eigenvalue weighted by Crippen LogP contribution is 2.15. The lowest BCUT2D eigenvalue weighted by molar-refractivity contribution is -0.167. The normalized spacial score (nSPS) is 12.8. The first-order chi connectivity index (χ1) is 35.0. The summed E-state index contributed by atoms with van der Waals surface area (Å²) in [7, 11) is 0. The molecule has 406 valence electrons. The first-order valence-electron chi connectivity index (χ1n) is 29.8. The summed E-state index contributed by atoms with van der Waals surface area (Å²) in [6.45, 7) is 6.48. The molecule has 0 heterocycles. The Morgan fingerprint density at radius 3 is 1.00 bits per heavy atom. The van der Waals surface area contributed by atoms with Gasteiger partial charge in [-0.05, 0) is 109 Å². The van der Waals surface area contributed by atoms with Crippen LogP contribution in [0.1, 0.15) is 278 Å². The Bertz CT molecular complexity index is 1410. The Balaban J connectivity index is 4.48. The summed E-state index contributed by atoms with van der Waals surface area (Å²) in [6.07, 6.45) is 78.2. The average Bonchev–Trinajstić information content (AvgIpc) is 3.37. The van der Waals surface area contributed by atoms with Crippen LogP contribution >= 0.6 is 0 Å². The molecule has 0 aliphatic carbocycles. The largest absolute Gasteiger partial charge is 0.462 e. The van der Waals surface area contributed by atoms with E-state index in [1.165, 1.54) is 122 Å². The van der Waals surface area contributed by atoms with Gasteiger partial charge in [0.25, 0.3) is 0 Å². The Morgan fingerprint density at radius 2 is 0.606 bits per heavy atom. The van der Waals surface area contributed by atoms with E-state index in [9.17, 15) is 14.4 Å². The van der Waals surface area contributed by atoms with Gasteiger partial charge in [-0.1, -0.05) is 246 Å². The van der Waals surface area contributed by atoms with Crippen molar-refractivity contribution in [2.45, 2.75) is 284 Å². The van der Waals surface area contributed by atoms with Crippen LogP contribution in [0, 0.1) is 0 Å². The van der Waals surface area contributed by atoms with Crippen LogP contribution in [0.25, 0.3) is 0 Å². The number of allylic oxidation sites excluding steroid dienone is 16. The van der Waals surface area contributed by atoms with Crippen LogP contribution in [0.4, 0.5) is 0 Å². The molecule has 0 bridgehead atoms. The quantitative estimate of drug-likeness (QED) is 0.0199. The second-order valence-electron chi connectivity index (χ2n) is 19.6. The average molecular weight is 988 g/mol. The van der Waals surface area contributed by atoms with E-state index >= 15 is 0 Å². The summed E-state index contributed by atoms with van der Waals surface area (Å²) in [5.74, 6) is -0.950. The van der Waals surface area contributed by atoms with Crippen molar-refractivity contribution in [2.24, 2.45) is 0 Å². The maximum atomic E-state index is 12.9. The smallest absolute Gasteiger partial charge is 0.306 e. The van der Waals surface area contributed by atoms with Crippen LogP contribution in [-0.4, -0.2) is 37.2 Å². The second kappa shape index (κ2) is 58.9. The van der Waals surface area contributed by atoms with Gasteiger partial charge in [-0.2, -0.15) is 0 Å². The third kappa shape index (κ3) is 57.1. The van der Waals surface area contributed by atoms with Gasteiger partial charge in [-0.25, -0.2) is 0 Å². The molecule has 0 fully saturated rings. The van der Waals surface area contributed by atoms with E-state index in [4.69, 9.17) is 14.2 Å². The monoisotopic (exact) mass is 987 g/mol. The van der Waals surface area contributed by atoms with Crippen molar-refractivity contribution in [2.75, 3.05) is 13.2 Å². The van der Waals surface area contributed by atoms with Crippen molar-refractivity contribution in [3.8, 4) is 0 Å². The molecule has 0 saturated carbocycles. The molecule has 0 amide bonds.